The zero-order chi connectivity index (χ0) is 17.9. The lowest BCUT2D eigenvalue weighted by atomic mass is 10.2. The number of anilines is 1. The number of pyridine rings is 1. The van der Waals surface area contributed by atoms with Crippen LogP contribution in [0, 0.1) is 0 Å². The fraction of sp³-hybridized carbons (Fsp3) is 0.294. The van der Waals surface area contributed by atoms with Gasteiger partial charge in [-0.3, -0.25) is 9.52 Å². The van der Waals surface area contributed by atoms with Crippen LogP contribution in [0.25, 0.3) is 0 Å². The first-order chi connectivity index (χ1) is 11.9. The lowest BCUT2D eigenvalue weighted by molar-refractivity contribution is 0.0950. The Morgan fingerprint density at radius 3 is 2.48 bits per heavy atom. The molecule has 132 valence electrons. The summed E-state index contributed by atoms with van der Waals surface area (Å²) in [5.41, 5.74) is 0.956. The van der Waals surface area contributed by atoms with E-state index in [1.165, 1.54) is 6.20 Å². The first-order valence-electron chi connectivity index (χ1n) is 8.00. The van der Waals surface area contributed by atoms with Gasteiger partial charge in [0.05, 0.1) is 11.3 Å². The van der Waals surface area contributed by atoms with Gasteiger partial charge in [0, 0.05) is 24.0 Å². The van der Waals surface area contributed by atoms with Crippen LogP contribution in [0.5, 0.6) is 11.6 Å². The molecule has 0 unspecified atom stereocenters. The third kappa shape index (κ3) is 4.93. The molecule has 0 atom stereocenters. The van der Waals surface area contributed by atoms with E-state index in [0.717, 1.165) is 12.8 Å². The van der Waals surface area contributed by atoms with Gasteiger partial charge in [-0.05, 0) is 50.1 Å². The third-order valence-electron chi connectivity index (χ3n) is 3.64. The van der Waals surface area contributed by atoms with Crippen LogP contribution in [0.3, 0.4) is 0 Å². The normalized spacial score (nSPS) is 14.0. The number of benzene rings is 1. The number of carbonyl (C=O) groups is 1. The van der Waals surface area contributed by atoms with Crippen molar-refractivity contribution in [2.24, 2.45) is 0 Å². The van der Waals surface area contributed by atoms with Gasteiger partial charge in [-0.15, -0.1) is 0 Å². The average molecular weight is 361 g/mol. The summed E-state index contributed by atoms with van der Waals surface area (Å²) in [6.45, 7) is 1.57. The SMILES string of the molecule is CCS(=O)(=O)Nc1ccc(Oc2ccc(C(=O)NC3CC3)cn2)cc1. The number of rotatable bonds is 7. The maximum atomic E-state index is 11.9. The summed E-state index contributed by atoms with van der Waals surface area (Å²) in [6, 6.07) is 10.1. The minimum atomic E-state index is -3.30. The van der Waals surface area contributed by atoms with Crippen molar-refractivity contribution in [2.75, 3.05) is 10.5 Å². The summed E-state index contributed by atoms with van der Waals surface area (Å²) in [6.07, 6.45) is 3.53. The Kier molecular flexibility index (Phi) is 4.89. The fourth-order valence-corrected chi connectivity index (χ4v) is 2.67. The van der Waals surface area contributed by atoms with Crippen molar-refractivity contribution in [3.63, 3.8) is 0 Å². The van der Waals surface area contributed by atoms with E-state index in [9.17, 15) is 13.2 Å². The smallest absolute Gasteiger partial charge is 0.253 e. The first kappa shape index (κ1) is 17.2. The van der Waals surface area contributed by atoms with Crippen molar-refractivity contribution < 1.29 is 17.9 Å². The molecule has 1 aromatic heterocycles. The molecule has 0 aliphatic heterocycles. The molecule has 3 rings (SSSR count). The van der Waals surface area contributed by atoms with Crippen LogP contribution in [0.4, 0.5) is 5.69 Å². The van der Waals surface area contributed by atoms with E-state index in [2.05, 4.69) is 15.0 Å². The minimum Gasteiger partial charge on any atom is -0.439 e. The van der Waals surface area contributed by atoms with Crippen LogP contribution in [0.2, 0.25) is 0 Å². The average Bonchev–Trinajstić information content (AvgIpc) is 3.41. The van der Waals surface area contributed by atoms with Gasteiger partial charge in [-0.1, -0.05) is 0 Å². The van der Waals surface area contributed by atoms with Crippen LogP contribution in [0.1, 0.15) is 30.1 Å². The highest BCUT2D eigenvalue weighted by molar-refractivity contribution is 7.92. The number of sulfonamides is 1. The molecule has 1 aliphatic carbocycles. The van der Waals surface area contributed by atoms with Gasteiger partial charge >= 0.3 is 0 Å². The Hall–Kier alpha value is -2.61. The third-order valence-corrected chi connectivity index (χ3v) is 4.95. The Balaban J connectivity index is 1.61. The molecule has 25 heavy (non-hydrogen) atoms. The van der Waals surface area contributed by atoms with Crippen LogP contribution < -0.4 is 14.8 Å². The molecule has 1 amide bonds. The number of hydrogen-bond acceptors (Lipinski definition) is 5. The molecule has 0 saturated heterocycles. The molecule has 2 aromatic rings. The number of carbonyl (C=O) groups excluding carboxylic acids is 1. The fourth-order valence-electron chi connectivity index (χ4n) is 2.03. The second-order valence-electron chi connectivity index (χ2n) is 5.76. The highest BCUT2D eigenvalue weighted by Crippen LogP contribution is 2.23. The number of aromatic nitrogens is 1. The Morgan fingerprint density at radius 1 is 1.20 bits per heavy atom. The summed E-state index contributed by atoms with van der Waals surface area (Å²) >= 11 is 0. The van der Waals surface area contributed by atoms with E-state index in [1.54, 1.807) is 43.3 Å². The highest BCUT2D eigenvalue weighted by atomic mass is 32.2. The molecule has 7 nitrogen and oxygen atoms in total. The van der Waals surface area contributed by atoms with Crippen LogP contribution in [0.15, 0.2) is 42.6 Å². The predicted molar refractivity (Wildman–Crippen MR) is 94.3 cm³/mol. The Morgan fingerprint density at radius 2 is 1.92 bits per heavy atom. The summed E-state index contributed by atoms with van der Waals surface area (Å²) in [7, 11) is -3.30. The predicted octanol–water partition coefficient (Wildman–Crippen LogP) is 2.53. The highest BCUT2D eigenvalue weighted by Gasteiger charge is 2.23. The summed E-state index contributed by atoms with van der Waals surface area (Å²) < 4.78 is 31.1. The van der Waals surface area contributed by atoms with Gasteiger partial charge in [-0.25, -0.2) is 13.4 Å². The zero-order valence-corrected chi connectivity index (χ0v) is 14.5. The topological polar surface area (TPSA) is 97.4 Å². The maximum absolute atomic E-state index is 11.9. The number of amides is 1. The van der Waals surface area contributed by atoms with E-state index in [4.69, 9.17) is 4.74 Å². The van der Waals surface area contributed by atoms with Crippen molar-refractivity contribution >= 4 is 21.6 Å². The summed E-state index contributed by atoms with van der Waals surface area (Å²) in [5.74, 6) is 0.747. The quantitative estimate of drug-likeness (QED) is 0.790. The van der Waals surface area contributed by atoms with Crippen LogP contribution >= 0.6 is 0 Å². The molecule has 2 N–H and O–H groups in total. The second-order valence-corrected chi connectivity index (χ2v) is 7.78. The molecule has 8 heteroatoms. The standard InChI is InChI=1S/C17H19N3O4S/c1-2-25(22,23)20-14-6-8-15(9-7-14)24-16-10-3-12(11-18-16)17(21)19-13-4-5-13/h3,6-11,13,20H,2,4-5H2,1H3,(H,19,21). The van der Waals surface area contributed by atoms with E-state index in [0.29, 0.717) is 28.9 Å². The van der Waals surface area contributed by atoms with E-state index < -0.39 is 10.0 Å². The van der Waals surface area contributed by atoms with Crippen LogP contribution in [-0.2, 0) is 10.0 Å². The molecule has 0 spiro atoms. The van der Waals surface area contributed by atoms with Crippen molar-refractivity contribution in [1.29, 1.82) is 0 Å². The van der Waals surface area contributed by atoms with E-state index in [-0.39, 0.29) is 11.7 Å². The van der Waals surface area contributed by atoms with Gasteiger partial charge in [-0.2, -0.15) is 0 Å². The molecule has 0 radical (unpaired) electrons. The van der Waals surface area contributed by atoms with Crippen molar-refractivity contribution in [3.8, 4) is 11.6 Å². The van der Waals surface area contributed by atoms with Crippen LogP contribution in [-0.4, -0.2) is 31.1 Å². The summed E-state index contributed by atoms with van der Waals surface area (Å²) in [4.78, 5) is 16.0. The molecular formula is C17H19N3O4S. The molecule has 1 heterocycles. The van der Waals surface area contributed by atoms with Gasteiger partial charge in [0.25, 0.3) is 5.91 Å². The maximum Gasteiger partial charge on any atom is 0.253 e. The molecular weight excluding hydrogens is 342 g/mol. The van der Waals surface area contributed by atoms with Gasteiger partial charge in [0.15, 0.2) is 0 Å². The monoisotopic (exact) mass is 361 g/mol. The largest absolute Gasteiger partial charge is 0.439 e. The van der Waals surface area contributed by atoms with Gasteiger partial charge in [0.2, 0.25) is 15.9 Å². The molecule has 1 fully saturated rings. The second kappa shape index (κ2) is 7.10. The molecule has 0 bridgehead atoms. The molecule has 1 aliphatic rings. The summed E-state index contributed by atoms with van der Waals surface area (Å²) in [5, 5.41) is 2.89. The lowest BCUT2D eigenvalue weighted by Crippen LogP contribution is -2.25. The Bertz CT molecular complexity index is 844. The van der Waals surface area contributed by atoms with E-state index >= 15 is 0 Å². The molecule has 1 aromatic carbocycles. The van der Waals surface area contributed by atoms with Crippen molar-refractivity contribution in [1.82, 2.24) is 10.3 Å². The van der Waals surface area contributed by atoms with Gasteiger partial charge < -0.3 is 10.1 Å². The molecule has 1 saturated carbocycles. The first-order valence-corrected chi connectivity index (χ1v) is 9.66. The number of nitrogens with zero attached hydrogens (tertiary/aromatic N) is 1. The van der Waals surface area contributed by atoms with Crippen molar-refractivity contribution in [2.45, 2.75) is 25.8 Å². The number of ether oxygens (including phenoxy) is 1. The number of nitrogens with one attached hydrogen (secondary N) is 2. The van der Waals surface area contributed by atoms with Gasteiger partial charge in [0.1, 0.15) is 5.75 Å². The minimum absolute atomic E-state index is 0.00977. The zero-order valence-electron chi connectivity index (χ0n) is 13.7. The number of hydrogen-bond donors (Lipinski definition) is 2. The lowest BCUT2D eigenvalue weighted by Gasteiger charge is -2.08. The van der Waals surface area contributed by atoms with E-state index in [1.807, 2.05) is 0 Å². The van der Waals surface area contributed by atoms with Crippen molar-refractivity contribution in [3.05, 3.63) is 48.2 Å². The Labute approximate surface area is 146 Å².